The van der Waals surface area contributed by atoms with E-state index in [9.17, 15) is 14.4 Å². The van der Waals surface area contributed by atoms with E-state index in [4.69, 9.17) is 7.98 Å². The Morgan fingerprint density at radius 1 is 1.22 bits per heavy atom. The molecule has 0 fully saturated rings. The average molecular weight is 253 g/mol. The van der Waals surface area contributed by atoms with Crippen LogP contribution in [-0.2, 0) is 14.4 Å². The van der Waals surface area contributed by atoms with Crippen molar-refractivity contribution in [2.75, 3.05) is 20.6 Å². The quantitative estimate of drug-likeness (QED) is 0.613. The molecule has 6 nitrogen and oxygen atoms in total. The van der Waals surface area contributed by atoms with Crippen LogP contribution < -0.4 is 5.32 Å². The first-order valence-electron chi connectivity index (χ1n) is 5.69. The Hall–Kier alpha value is -1.37. The van der Waals surface area contributed by atoms with Crippen LogP contribution in [-0.4, -0.2) is 68.0 Å². The molecule has 0 aliphatic rings. The second-order valence-corrected chi connectivity index (χ2v) is 4.44. The van der Waals surface area contributed by atoms with Gasteiger partial charge in [-0.15, -0.1) is 0 Å². The van der Waals surface area contributed by atoms with Gasteiger partial charge in [-0.3, -0.25) is 14.4 Å². The molecule has 2 amide bonds. The highest BCUT2D eigenvalue weighted by Gasteiger charge is 2.24. The number of hydrogen-bond acceptors (Lipinski definition) is 4. The fraction of sp³-hybridized carbons (Fsp3) is 0.727. The number of nitrogens with one attached hydrogen (secondary N) is 1. The number of carbonyl (C=O) groups is 3. The molecule has 0 aromatic rings. The molecule has 0 rings (SSSR count). The van der Waals surface area contributed by atoms with Crippen LogP contribution in [0.4, 0.5) is 0 Å². The zero-order valence-corrected chi connectivity index (χ0v) is 11.6. The molecule has 0 heterocycles. The fourth-order valence-corrected chi connectivity index (χ4v) is 1.34. The molecule has 0 saturated carbocycles. The Labute approximate surface area is 109 Å². The number of carbonyl (C=O) groups excluding carboxylic acids is 3. The van der Waals surface area contributed by atoms with Crippen LogP contribution in [0.3, 0.4) is 0 Å². The van der Waals surface area contributed by atoms with Gasteiger partial charge in [-0.25, -0.2) is 0 Å². The molecule has 0 aromatic heterocycles. The molecule has 2 radical (unpaired) electrons. The van der Waals surface area contributed by atoms with Crippen molar-refractivity contribution in [3.8, 4) is 0 Å². The van der Waals surface area contributed by atoms with E-state index in [0.29, 0.717) is 0 Å². The van der Waals surface area contributed by atoms with E-state index in [1.54, 1.807) is 20.9 Å². The van der Waals surface area contributed by atoms with Gasteiger partial charge in [0, 0.05) is 7.05 Å². The van der Waals surface area contributed by atoms with Crippen molar-refractivity contribution in [3.05, 3.63) is 0 Å². The van der Waals surface area contributed by atoms with Crippen molar-refractivity contribution in [3.63, 3.8) is 0 Å². The van der Waals surface area contributed by atoms with E-state index in [1.807, 2.05) is 0 Å². The molecule has 2 atom stereocenters. The molecule has 0 saturated heterocycles. The predicted octanol–water partition coefficient (Wildman–Crippen LogP) is -1.06. The summed E-state index contributed by atoms with van der Waals surface area (Å²) in [5.74, 6) is -0.762. The number of hydrogen-bond donors (Lipinski definition) is 1. The van der Waals surface area contributed by atoms with Gasteiger partial charge >= 0.3 is 0 Å². The van der Waals surface area contributed by atoms with Crippen molar-refractivity contribution >= 4 is 25.6 Å². The Kier molecular flexibility index (Phi) is 6.61. The molecule has 7 heteroatoms. The summed E-state index contributed by atoms with van der Waals surface area (Å²) in [4.78, 5) is 37.1. The Morgan fingerprint density at radius 3 is 2.11 bits per heavy atom. The Bertz CT molecular complexity index is 333. The number of ketones is 1. The summed E-state index contributed by atoms with van der Waals surface area (Å²) in [7, 11) is 8.41. The summed E-state index contributed by atoms with van der Waals surface area (Å²) in [6.07, 6.45) is 0. The monoisotopic (exact) mass is 253 g/mol. The number of likely N-dealkylation sites (N-methyl/N-ethyl adjacent to an activating group) is 2. The van der Waals surface area contributed by atoms with Gasteiger partial charge in [0.2, 0.25) is 11.8 Å². The lowest BCUT2D eigenvalue weighted by Crippen LogP contribution is -2.51. The number of amides is 2. The van der Waals surface area contributed by atoms with Crippen LogP contribution in [0.2, 0.25) is 0 Å². The number of rotatable bonds is 6. The van der Waals surface area contributed by atoms with E-state index in [0.717, 1.165) is 0 Å². The SMILES string of the molecule is [B]N(C)CC(=O)NC(C)C(=O)N(C)C(C)C(C)=O. The zero-order chi connectivity index (χ0) is 14.5. The van der Waals surface area contributed by atoms with Gasteiger partial charge < -0.3 is 15.0 Å². The van der Waals surface area contributed by atoms with Crippen LogP contribution >= 0.6 is 0 Å². The summed E-state index contributed by atoms with van der Waals surface area (Å²) in [6, 6.07) is -1.20. The molecule has 100 valence electrons. The molecular weight excluding hydrogens is 233 g/mol. The molecule has 0 aliphatic carbocycles. The largest absolute Gasteiger partial charge is 0.349 e. The highest BCUT2D eigenvalue weighted by molar-refractivity contribution is 6.06. The van der Waals surface area contributed by atoms with E-state index in [2.05, 4.69) is 5.32 Å². The van der Waals surface area contributed by atoms with Crippen LogP contribution in [0.1, 0.15) is 20.8 Å². The molecule has 1 N–H and O–H groups in total. The van der Waals surface area contributed by atoms with E-state index in [-0.39, 0.29) is 24.1 Å². The maximum Gasteiger partial charge on any atom is 0.245 e. The van der Waals surface area contributed by atoms with E-state index >= 15 is 0 Å². The zero-order valence-electron chi connectivity index (χ0n) is 11.6. The summed E-state index contributed by atoms with van der Waals surface area (Å²) in [5.41, 5.74) is 0. The molecular formula is C11H20BN3O3. The molecule has 0 aromatic carbocycles. The van der Waals surface area contributed by atoms with Crippen LogP contribution in [0.5, 0.6) is 0 Å². The van der Waals surface area contributed by atoms with Gasteiger partial charge in [-0.2, -0.15) is 0 Å². The van der Waals surface area contributed by atoms with Crippen LogP contribution in [0, 0.1) is 0 Å². The molecule has 0 bridgehead atoms. The number of Topliss-reactive ketones (excluding diaryl/α,β-unsaturated/α-hetero) is 1. The van der Waals surface area contributed by atoms with Crippen LogP contribution in [0.25, 0.3) is 0 Å². The summed E-state index contributed by atoms with van der Waals surface area (Å²) < 4.78 is 0. The number of nitrogens with zero attached hydrogens (tertiary/aromatic N) is 2. The maximum absolute atomic E-state index is 11.9. The molecule has 0 spiro atoms. The molecule has 2 unspecified atom stereocenters. The summed E-state index contributed by atoms with van der Waals surface area (Å²) in [6.45, 7) is 4.63. The topological polar surface area (TPSA) is 69.7 Å². The average Bonchev–Trinajstić information content (AvgIpc) is 2.24. The van der Waals surface area contributed by atoms with Gasteiger partial charge in [0.15, 0.2) is 13.8 Å². The minimum atomic E-state index is -0.691. The Balaban J connectivity index is 4.42. The summed E-state index contributed by atoms with van der Waals surface area (Å²) >= 11 is 0. The first-order chi connectivity index (χ1) is 8.16. The third kappa shape index (κ3) is 5.31. The van der Waals surface area contributed by atoms with E-state index in [1.165, 1.54) is 23.7 Å². The van der Waals surface area contributed by atoms with Crippen molar-refractivity contribution in [1.29, 1.82) is 0 Å². The normalized spacial score (nSPS) is 13.9. The standard InChI is InChI=1S/C11H20BN3O3/c1-7(13-10(17)6-14(4)12)11(18)15(5)8(2)9(3)16/h7-8H,6H2,1-5H3,(H,13,17). The van der Waals surface area contributed by atoms with E-state index < -0.39 is 12.1 Å². The van der Waals surface area contributed by atoms with Gasteiger partial charge in [0.05, 0.1) is 12.6 Å². The van der Waals surface area contributed by atoms with Crippen molar-refractivity contribution in [2.24, 2.45) is 0 Å². The van der Waals surface area contributed by atoms with Crippen molar-refractivity contribution in [2.45, 2.75) is 32.9 Å². The lowest BCUT2D eigenvalue weighted by Gasteiger charge is -2.26. The van der Waals surface area contributed by atoms with Crippen molar-refractivity contribution < 1.29 is 14.4 Å². The smallest absolute Gasteiger partial charge is 0.245 e. The third-order valence-corrected chi connectivity index (χ3v) is 2.66. The highest BCUT2D eigenvalue weighted by atomic mass is 16.2. The third-order valence-electron chi connectivity index (χ3n) is 2.66. The van der Waals surface area contributed by atoms with Crippen molar-refractivity contribution in [1.82, 2.24) is 15.0 Å². The second kappa shape index (κ2) is 7.15. The predicted molar refractivity (Wildman–Crippen MR) is 68.9 cm³/mol. The highest BCUT2D eigenvalue weighted by Crippen LogP contribution is 2.00. The molecule has 0 aliphatic heterocycles. The summed E-state index contributed by atoms with van der Waals surface area (Å²) in [5, 5.41) is 2.52. The van der Waals surface area contributed by atoms with Gasteiger partial charge in [-0.05, 0) is 27.8 Å². The minimum absolute atomic E-state index is 0.00357. The first-order valence-corrected chi connectivity index (χ1v) is 5.69. The first kappa shape index (κ1) is 16.6. The molecule has 18 heavy (non-hydrogen) atoms. The minimum Gasteiger partial charge on any atom is -0.349 e. The van der Waals surface area contributed by atoms with Gasteiger partial charge in [0.1, 0.15) is 6.04 Å². The fourth-order valence-electron chi connectivity index (χ4n) is 1.34. The van der Waals surface area contributed by atoms with Gasteiger partial charge in [0.25, 0.3) is 0 Å². The Morgan fingerprint density at radius 2 is 1.72 bits per heavy atom. The van der Waals surface area contributed by atoms with Gasteiger partial charge in [-0.1, -0.05) is 0 Å². The lowest BCUT2D eigenvalue weighted by atomic mass is 10.2. The maximum atomic E-state index is 11.9. The lowest BCUT2D eigenvalue weighted by molar-refractivity contribution is -0.139. The van der Waals surface area contributed by atoms with Crippen LogP contribution in [0.15, 0.2) is 0 Å². The second-order valence-electron chi connectivity index (χ2n) is 4.44.